The van der Waals surface area contributed by atoms with E-state index in [4.69, 9.17) is 16.3 Å². The molecule has 2 aromatic rings. The summed E-state index contributed by atoms with van der Waals surface area (Å²) in [4.78, 5) is 14.2. The molecule has 0 saturated heterocycles. The molecule has 3 rings (SSSR count). The highest BCUT2D eigenvalue weighted by molar-refractivity contribution is 9.10. The SMILES string of the molecule is O=C(c1cc(Br)ccc1Cl)N1CCOc2cc(F)ccc21. The molecule has 6 heteroatoms. The second-order valence-electron chi connectivity index (χ2n) is 4.54. The highest BCUT2D eigenvalue weighted by Gasteiger charge is 2.26. The summed E-state index contributed by atoms with van der Waals surface area (Å²) in [6.45, 7) is 0.703. The number of benzene rings is 2. The Balaban J connectivity index is 2.02. The maximum absolute atomic E-state index is 13.3. The second-order valence-corrected chi connectivity index (χ2v) is 5.86. The number of anilines is 1. The third-order valence-electron chi connectivity index (χ3n) is 3.19. The molecule has 1 amide bonds. The highest BCUT2D eigenvalue weighted by atomic mass is 79.9. The van der Waals surface area contributed by atoms with Gasteiger partial charge in [-0.15, -0.1) is 0 Å². The fraction of sp³-hybridized carbons (Fsp3) is 0.133. The molecule has 108 valence electrons. The van der Waals surface area contributed by atoms with E-state index in [1.807, 2.05) is 0 Å². The van der Waals surface area contributed by atoms with Crippen molar-refractivity contribution in [2.75, 3.05) is 18.1 Å². The normalized spacial score (nSPS) is 13.6. The summed E-state index contributed by atoms with van der Waals surface area (Å²) in [6.07, 6.45) is 0. The van der Waals surface area contributed by atoms with E-state index in [0.717, 1.165) is 4.47 Å². The zero-order valence-corrected chi connectivity index (χ0v) is 13.1. The Bertz CT molecular complexity index is 723. The minimum Gasteiger partial charge on any atom is -0.489 e. The van der Waals surface area contributed by atoms with Crippen molar-refractivity contribution in [3.8, 4) is 5.75 Å². The molecule has 0 N–H and O–H groups in total. The molecule has 1 aliphatic heterocycles. The van der Waals surface area contributed by atoms with E-state index in [0.29, 0.717) is 35.2 Å². The number of fused-ring (bicyclic) bond motifs is 1. The monoisotopic (exact) mass is 369 g/mol. The molecule has 0 bridgehead atoms. The van der Waals surface area contributed by atoms with Gasteiger partial charge in [0.2, 0.25) is 0 Å². The average Bonchev–Trinajstić information content (AvgIpc) is 2.48. The first-order valence-electron chi connectivity index (χ1n) is 6.25. The van der Waals surface area contributed by atoms with Crippen molar-refractivity contribution in [1.29, 1.82) is 0 Å². The van der Waals surface area contributed by atoms with Crippen LogP contribution >= 0.6 is 27.5 Å². The van der Waals surface area contributed by atoms with Gasteiger partial charge in [-0.05, 0) is 30.3 Å². The third-order valence-corrected chi connectivity index (χ3v) is 4.01. The minimum atomic E-state index is -0.400. The van der Waals surface area contributed by atoms with Crippen molar-refractivity contribution in [3.05, 3.63) is 57.3 Å². The van der Waals surface area contributed by atoms with Gasteiger partial charge in [0.15, 0.2) is 0 Å². The summed E-state index contributed by atoms with van der Waals surface area (Å²) >= 11 is 9.43. The van der Waals surface area contributed by atoms with Crippen LogP contribution in [0.5, 0.6) is 5.75 Å². The number of carbonyl (C=O) groups excluding carboxylic acids is 1. The lowest BCUT2D eigenvalue weighted by Gasteiger charge is -2.29. The maximum atomic E-state index is 13.3. The fourth-order valence-electron chi connectivity index (χ4n) is 2.21. The molecule has 0 fully saturated rings. The van der Waals surface area contributed by atoms with Gasteiger partial charge >= 0.3 is 0 Å². The van der Waals surface area contributed by atoms with Gasteiger partial charge in [0.25, 0.3) is 5.91 Å². The van der Waals surface area contributed by atoms with Crippen LogP contribution < -0.4 is 9.64 Å². The number of halogens is 3. The molecule has 1 aliphatic rings. The van der Waals surface area contributed by atoms with Crippen LogP contribution in [-0.4, -0.2) is 19.1 Å². The van der Waals surface area contributed by atoms with Crippen LogP contribution in [-0.2, 0) is 0 Å². The molecule has 1 heterocycles. The Kier molecular flexibility index (Phi) is 3.87. The van der Waals surface area contributed by atoms with Crippen LogP contribution in [0.3, 0.4) is 0 Å². The van der Waals surface area contributed by atoms with E-state index in [2.05, 4.69) is 15.9 Å². The van der Waals surface area contributed by atoms with Crippen molar-refractivity contribution >= 4 is 39.1 Å². The number of hydrogen-bond acceptors (Lipinski definition) is 2. The standard InChI is InChI=1S/C15H10BrClFNO2/c16-9-1-3-12(17)11(7-9)15(20)19-5-6-21-14-8-10(18)2-4-13(14)19/h1-4,7-8H,5-6H2. The van der Waals surface area contributed by atoms with Gasteiger partial charge in [0.1, 0.15) is 18.2 Å². The largest absolute Gasteiger partial charge is 0.489 e. The first-order valence-corrected chi connectivity index (χ1v) is 7.42. The van der Waals surface area contributed by atoms with Crippen LogP contribution in [0.15, 0.2) is 40.9 Å². The Morgan fingerprint density at radius 1 is 1.29 bits per heavy atom. The van der Waals surface area contributed by atoms with Crippen LogP contribution in [0.2, 0.25) is 5.02 Å². The summed E-state index contributed by atoms with van der Waals surface area (Å²) in [5.74, 6) is -0.276. The van der Waals surface area contributed by atoms with Crippen molar-refractivity contribution in [1.82, 2.24) is 0 Å². The number of ether oxygens (including phenoxy) is 1. The molecule has 0 spiro atoms. The summed E-state index contributed by atoms with van der Waals surface area (Å²) in [5, 5.41) is 0.373. The molecular weight excluding hydrogens is 361 g/mol. The molecule has 0 saturated carbocycles. The van der Waals surface area contributed by atoms with E-state index < -0.39 is 5.82 Å². The topological polar surface area (TPSA) is 29.5 Å². The summed E-state index contributed by atoms with van der Waals surface area (Å²) in [7, 11) is 0. The van der Waals surface area contributed by atoms with E-state index >= 15 is 0 Å². The van der Waals surface area contributed by atoms with E-state index in [9.17, 15) is 9.18 Å². The second kappa shape index (κ2) is 5.66. The Morgan fingerprint density at radius 3 is 2.90 bits per heavy atom. The molecule has 3 nitrogen and oxygen atoms in total. The highest BCUT2D eigenvalue weighted by Crippen LogP contribution is 2.34. The smallest absolute Gasteiger partial charge is 0.260 e. The van der Waals surface area contributed by atoms with Gasteiger partial charge in [-0.25, -0.2) is 4.39 Å². The zero-order chi connectivity index (χ0) is 15.0. The number of carbonyl (C=O) groups is 1. The molecule has 0 atom stereocenters. The summed E-state index contributed by atoms with van der Waals surface area (Å²) < 4.78 is 19.4. The Hall–Kier alpha value is -1.59. The fourth-order valence-corrected chi connectivity index (χ4v) is 2.77. The first kappa shape index (κ1) is 14.4. The number of amides is 1. The van der Waals surface area contributed by atoms with Crippen LogP contribution in [0.1, 0.15) is 10.4 Å². The lowest BCUT2D eigenvalue weighted by Crippen LogP contribution is -2.38. The van der Waals surface area contributed by atoms with E-state index in [-0.39, 0.29) is 5.91 Å². The first-order chi connectivity index (χ1) is 10.1. The number of hydrogen-bond donors (Lipinski definition) is 0. The lowest BCUT2D eigenvalue weighted by molar-refractivity contribution is 0.0976. The van der Waals surface area contributed by atoms with Crippen molar-refractivity contribution in [3.63, 3.8) is 0 Å². The van der Waals surface area contributed by atoms with E-state index in [1.54, 1.807) is 23.1 Å². The van der Waals surface area contributed by atoms with Crippen LogP contribution in [0, 0.1) is 5.82 Å². The van der Waals surface area contributed by atoms with Gasteiger partial charge in [-0.1, -0.05) is 27.5 Å². The zero-order valence-electron chi connectivity index (χ0n) is 10.8. The van der Waals surface area contributed by atoms with E-state index in [1.165, 1.54) is 18.2 Å². The van der Waals surface area contributed by atoms with Gasteiger partial charge in [-0.3, -0.25) is 4.79 Å². The predicted octanol–water partition coefficient (Wildman–Crippen LogP) is 4.28. The Labute approximate surface area is 134 Å². The number of rotatable bonds is 1. The quantitative estimate of drug-likeness (QED) is 0.750. The molecule has 21 heavy (non-hydrogen) atoms. The molecular formula is C15H10BrClFNO2. The van der Waals surface area contributed by atoms with Crippen molar-refractivity contribution < 1.29 is 13.9 Å². The molecule has 0 radical (unpaired) electrons. The maximum Gasteiger partial charge on any atom is 0.260 e. The van der Waals surface area contributed by atoms with Gasteiger partial charge in [0, 0.05) is 10.5 Å². The van der Waals surface area contributed by atoms with Gasteiger partial charge < -0.3 is 9.64 Å². The molecule has 0 aliphatic carbocycles. The predicted molar refractivity (Wildman–Crippen MR) is 82.7 cm³/mol. The van der Waals surface area contributed by atoms with Crippen molar-refractivity contribution in [2.24, 2.45) is 0 Å². The van der Waals surface area contributed by atoms with Gasteiger partial charge in [0.05, 0.1) is 22.8 Å². The van der Waals surface area contributed by atoms with Crippen LogP contribution in [0.25, 0.3) is 0 Å². The lowest BCUT2D eigenvalue weighted by atomic mass is 10.1. The third kappa shape index (κ3) is 2.76. The van der Waals surface area contributed by atoms with Gasteiger partial charge in [-0.2, -0.15) is 0 Å². The summed E-state index contributed by atoms with van der Waals surface area (Å²) in [5.41, 5.74) is 0.937. The number of nitrogens with zero attached hydrogens (tertiary/aromatic N) is 1. The average molecular weight is 371 g/mol. The minimum absolute atomic E-state index is 0.238. The molecule has 0 aromatic heterocycles. The Morgan fingerprint density at radius 2 is 2.10 bits per heavy atom. The van der Waals surface area contributed by atoms with Crippen LogP contribution in [0.4, 0.5) is 10.1 Å². The molecule has 0 unspecified atom stereocenters. The molecule has 2 aromatic carbocycles. The van der Waals surface area contributed by atoms with Crippen molar-refractivity contribution in [2.45, 2.75) is 0 Å². The summed E-state index contributed by atoms with van der Waals surface area (Å²) in [6, 6.07) is 9.21.